The van der Waals surface area contributed by atoms with E-state index in [0.717, 1.165) is 42.4 Å². The lowest BCUT2D eigenvalue weighted by Crippen LogP contribution is -2.57. The fourth-order valence-electron chi connectivity index (χ4n) is 11.4. The molecule has 0 radical (unpaired) electrons. The number of rotatable bonds is 8. The molecular weight excluding hydrogens is 582 g/mol. The third kappa shape index (κ3) is 5.57. The van der Waals surface area contributed by atoms with Crippen molar-refractivity contribution in [1.82, 2.24) is 10.6 Å². The van der Waals surface area contributed by atoms with Crippen LogP contribution in [0.3, 0.4) is 0 Å². The molecule has 5 aliphatic carbocycles. The summed E-state index contributed by atoms with van der Waals surface area (Å²) in [4.78, 5) is 0. The molecule has 9 rings (SSSR count). The fourth-order valence-corrected chi connectivity index (χ4v) is 16.2. The molecule has 0 amide bonds. The van der Waals surface area contributed by atoms with Gasteiger partial charge in [0.2, 0.25) is 0 Å². The van der Waals surface area contributed by atoms with Crippen molar-refractivity contribution >= 4 is 28.3 Å². The molecule has 2 nitrogen and oxygen atoms in total. The Morgan fingerprint density at radius 1 is 0.733 bits per heavy atom. The SMILES string of the molecule is CC(C)(C)P(CC1C(C(P)(C2CCCN2)C2CCCN2)=CC(c2ccccc2)=C1c1ccccc1)C1C2CC3CC(C2)CC1C3. The molecule has 2 aromatic rings. The Bertz CT molecular complexity index is 1370. The van der Waals surface area contributed by atoms with Crippen LogP contribution in [0.25, 0.3) is 11.1 Å². The van der Waals surface area contributed by atoms with Crippen LogP contribution in [-0.4, -0.2) is 47.3 Å². The van der Waals surface area contributed by atoms with Crippen LogP contribution in [0, 0.1) is 29.6 Å². The van der Waals surface area contributed by atoms with Crippen molar-refractivity contribution in [2.45, 2.75) is 107 Å². The van der Waals surface area contributed by atoms with Crippen LogP contribution in [0.2, 0.25) is 0 Å². The minimum Gasteiger partial charge on any atom is -0.313 e. The summed E-state index contributed by atoms with van der Waals surface area (Å²) in [6.07, 6.45) is 16.9. The number of hydrogen-bond donors (Lipinski definition) is 2. The number of nitrogens with one attached hydrogen (secondary N) is 2. The molecule has 2 heterocycles. The van der Waals surface area contributed by atoms with Crippen molar-refractivity contribution in [3.63, 3.8) is 0 Å². The summed E-state index contributed by atoms with van der Waals surface area (Å²) in [5.74, 6) is 4.48. The van der Waals surface area contributed by atoms with E-state index in [1.165, 1.54) is 74.2 Å². The molecule has 2 aliphatic heterocycles. The van der Waals surface area contributed by atoms with E-state index in [1.54, 1.807) is 17.6 Å². The molecule has 2 saturated heterocycles. The molecule has 6 fully saturated rings. The van der Waals surface area contributed by atoms with Crippen LogP contribution in [0.1, 0.15) is 89.7 Å². The van der Waals surface area contributed by atoms with E-state index in [4.69, 9.17) is 0 Å². The summed E-state index contributed by atoms with van der Waals surface area (Å²) in [6, 6.07) is 24.0. The summed E-state index contributed by atoms with van der Waals surface area (Å²) < 4.78 is 0. The molecule has 240 valence electrons. The van der Waals surface area contributed by atoms with Crippen LogP contribution < -0.4 is 10.6 Å². The van der Waals surface area contributed by atoms with E-state index in [-0.39, 0.29) is 13.1 Å². The molecule has 2 aromatic carbocycles. The van der Waals surface area contributed by atoms with E-state index in [9.17, 15) is 0 Å². The van der Waals surface area contributed by atoms with Gasteiger partial charge >= 0.3 is 0 Å². The Morgan fingerprint density at radius 3 is 1.76 bits per heavy atom. The van der Waals surface area contributed by atoms with Crippen molar-refractivity contribution in [2.75, 3.05) is 19.3 Å². The average molecular weight is 639 g/mol. The number of benzene rings is 2. The minimum absolute atomic E-state index is 0.0111. The van der Waals surface area contributed by atoms with Gasteiger partial charge in [0.1, 0.15) is 0 Å². The van der Waals surface area contributed by atoms with Crippen LogP contribution in [0.15, 0.2) is 72.3 Å². The molecule has 45 heavy (non-hydrogen) atoms. The topological polar surface area (TPSA) is 24.1 Å². The predicted octanol–water partition coefficient (Wildman–Crippen LogP) is 9.38. The zero-order valence-corrected chi connectivity index (χ0v) is 30.0. The highest BCUT2D eigenvalue weighted by molar-refractivity contribution is 7.60. The molecule has 5 unspecified atom stereocenters. The Hall–Kier alpha value is -1.30. The van der Waals surface area contributed by atoms with Crippen molar-refractivity contribution in [2.24, 2.45) is 29.6 Å². The molecule has 2 N–H and O–H groups in total. The first-order valence-electron chi connectivity index (χ1n) is 18.4. The van der Waals surface area contributed by atoms with E-state index >= 15 is 0 Å². The zero-order chi connectivity index (χ0) is 30.8. The smallest absolute Gasteiger partial charge is 0.0371 e. The lowest BCUT2D eigenvalue weighted by molar-refractivity contribution is 0.0242. The van der Waals surface area contributed by atoms with Crippen molar-refractivity contribution in [3.8, 4) is 0 Å². The summed E-state index contributed by atoms with van der Waals surface area (Å²) in [5, 5.41) is 8.47. The van der Waals surface area contributed by atoms with E-state index in [1.807, 2.05) is 0 Å². The summed E-state index contributed by atoms with van der Waals surface area (Å²) in [7, 11) is 3.38. The van der Waals surface area contributed by atoms with Gasteiger partial charge in [0.05, 0.1) is 0 Å². The Kier molecular flexibility index (Phi) is 8.47. The minimum atomic E-state index is -0.191. The van der Waals surface area contributed by atoms with Gasteiger partial charge in [0.25, 0.3) is 0 Å². The lowest BCUT2D eigenvalue weighted by Gasteiger charge is -2.59. The van der Waals surface area contributed by atoms with Crippen molar-refractivity contribution < 1.29 is 0 Å². The quantitative estimate of drug-likeness (QED) is 0.282. The second kappa shape index (κ2) is 12.3. The van der Waals surface area contributed by atoms with Gasteiger partial charge in [-0.2, -0.15) is 0 Å². The van der Waals surface area contributed by atoms with Crippen LogP contribution in [0.5, 0.6) is 0 Å². The fraction of sp³-hybridized carbons (Fsp3) is 0.610. The first kappa shape index (κ1) is 31.0. The maximum atomic E-state index is 4.05. The van der Waals surface area contributed by atoms with Gasteiger partial charge in [-0.1, -0.05) is 95.4 Å². The van der Waals surface area contributed by atoms with E-state index in [2.05, 4.69) is 107 Å². The van der Waals surface area contributed by atoms with E-state index < -0.39 is 0 Å². The Balaban J connectivity index is 1.29. The first-order valence-corrected chi connectivity index (χ1v) is 20.6. The molecule has 4 bridgehead atoms. The Morgan fingerprint density at radius 2 is 1.27 bits per heavy atom. The molecule has 0 aromatic heterocycles. The molecule has 7 aliphatic rings. The molecule has 4 saturated carbocycles. The Labute approximate surface area is 277 Å². The lowest BCUT2D eigenvalue weighted by atomic mass is 9.56. The van der Waals surface area contributed by atoms with Crippen molar-refractivity contribution in [1.29, 1.82) is 0 Å². The van der Waals surface area contributed by atoms with Crippen LogP contribution >= 0.6 is 17.2 Å². The third-order valence-electron chi connectivity index (χ3n) is 13.0. The van der Waals surface area contributed by atoms with Gasteiger partial charge in [0, 0.05) is 23.2 Å². The second-order valence-electron chi connectivity index (χ2n) is 16.7. The van der Waals surface area contributed by atoms with Gasteiger partial charge in [-0.05, 0) is 139 Å². The van der Waals surface area contributed by atoms with Gasteiger partial charge in [-0.15, -0.1) is 9.24 Å². The monoisotopic (exact) mass is 638 g/mol. The summed E-state index contributed by atoms with van der Waals surface area (Å²) in [5.41, 5.74) is 8.58. The average Bonchev–Trinajstić information content (AvgIpc) is 3.82. The molecule has 0 spiro atoms. The number of allylic oxidation sites excluding steroid dienone is 3. The maximum absolute atomic E-state index is 4.05. The molecular formula is C41H56N2P2. The van der Waals surface area contributed by atoms with Gasteiger partial charge in [0.15, 0.2) is 0 Å². The first-order chi connectivity index (χ1) is 21.8. The van der Waals surface area contributed by atoms with Gasteiger partial charge < -0.3 is 10.6 Å². The summed E-state index contributed by atoms with van der Waals surface area (Å²) in [6.45, 7) is 10.2. The largest absolute Gasteiger partial charge is 0.313 e. The van der Waals surface area contributed by atoms with Crippen LogP contribution in [-0.2, 0) is 0 Å². The zero-order valence-electron chi connectivity index (χ0n) is 28.0. The summed E-state index contributed by atoms with van der Waals surface area (Å²) >= 11 is 0. The van der Waals surface area contributed by atoms with Crippen LogP contribution in [0.4, 0.5) is 0 Å². The third-order valence-corrected chi connectivity index (χ3v) is 18.2. The maximum Gasteiger partial charge on any atom is 0.0371 e. The van der Waals surface area contributed by atoms with Gasteiger partial charge in [-0.3, -0.25) is 0 Å². The highest BCUT2D eigenvalue weighted by Gasteiger charge is 2.55. The predicted molar refractivity (Wildman–Crippen MR) is 198 cm³/mol. The van der Waals surface area contributed by atoms with Gasteiger partial charge in [-0.25, -0.2) is 0 Å². The standard InChI is InChI=1S/C41H56N2P2/c1-40(2,3)45(39-31-21-27-20-28(23-31)24-32(39)22-27)26-34-35(41(44,36-16-10-18-42-36)37-17-11-19-43-37)25-33(29-12-6-4-7-13-29)38(34)30-14-8-5-9-15-30/h4-9,12-15,25,27-28,31-32,34,36-37,39,42-43H,10-11,16-24,26,44H2,1-3H3. The molecule has 5 atom stereocenters. The highest BCUT2D eigenvalue weighted by Crippen LogP contribution is 2.69. The number of hydrogen-bond acceptors (Lipinski definition) is 2. The van der Waals surface area contributed by atoms with Crippen molar-refractivity contribution in [3.05, 3.63) is 83.4 Å². The highest BCUT2D eigenvalue weighted by atomic mass is 31.1. The molecule has 4 heteroatoms. The normalized spacial score (nSPS) is 36.4. The van der Waals surface area contributed by atoms with E-state index in [0.29, 0.717) is 23.2 Å². The second-order valence-corrected chi connectivity index (χ2v) is 20.9.